The molecule has 0 aliphatic heterocycles. The third-order valence-corrected chi connectivity index (χ3v) is 4.88. The molecular formula is C24H23FN8O2. The van der Waals surface area contributed by atoms with E-state index in [0.717, 1.165) is 12.4 Å². The summed E-state index contributed by atoms with van der Waals surface area (Å²) < 4.78 is 18.9. The van der Waals surface area contributed by atoms with Crippen LogP contribution in [0.25, 0.3) is 11.4 Å². The maximum atomic E-state index is 13.3. The molecule has 1 aromatic carbocycles. The number of aromatic nitrogens is 4. The molecule has 0 spiro atoms. The molecule has 4 aromatic rings. The zero-order valence-electron chi connectivity index (χ0n) is 19.0. The molecule has 0 aliphatic rings. The Morgan fingerprint density at radius 1 is 0.971 bits per heavy atom. The van der Waals surface area contributed by atoms with Crippen LogP contribution in [0.4, 0.5) is 33.1 Å². The van der Waals surface area contributed by atoms with E-state index in [1.807, 2.05) is 6.92 Å². The van der Waals surface area contributed by atoms with E-state index in [1.165, 1.54) is 19.5 Å². The Labute approximate surface area is 200 Å². The fourth-order valence-corrected chi connectivity index (χ4v) is 3.30. The predicted molar refractivity (Wildman–Crippen MR) is 131 cm³/mol. The molecule has 10 nitrogen and oxygen atoms in total. The number of anilines is 5. The van der Waals surface area contributed by atoms with Crippen molar-refractivity contribution < 1.29 is 13.9 Å². The van der Waals surface area contributed by atoms with Crippen molar-refractivity contribution >= 4 is 34.6 Å². The number of nitrogens with two attached hydrogens (primary N) is 1. The second kappa shape index (κ2) is 10.4. The monoisotopic (exact) mass is 474 g/mol. The highest BCUT2D eigenvalue weighted by molar-refractivity contribution is 6.01. The van der Waals surface area contributed by atoms with Gasteiger partial charge in [-0.3, -0.25) is 4.79 Å². The number of halogens is 1. The van der Waals surface area contributed by atoms with Crippen molar-refractivity contribution in [2.45, 2.75) is 6.92 Å². The average Bonchev–Trinajstić information content (AvgIpc) is 2.86. The van der Waals surface area contributed by atoms with Gasteiger partial charge in [-0.05, 0) is 31.2 Å². The highest BCUT2D eigenvalue weighted by Crippen LogP contribution is 2.37. The Hall–Kier alpha value is -4.80. The van der Waals surface area contributed by atoms with Crippen molar-refractivity contribution in [1.82, 2.24) is 25.3 Å². The highest BCUT2D eigenvalue weighted by Gasteiger charge is 2.18. The molecule has 35 heavy (non-hydrogen) atoms. The molecule has 0 saturated heterocycles. The number of carbonyl (C=O) groups excluding carboxylic acids is 1. The number of benzene rings is 1. The van der Waals surface area contributed by atoms with Crippen LogP contribution < -0.4 is 26.4 Å². The smallest absolute Gasteiger partial charge is 0.254 e. The quantitative estimate of drug-likeness (QED) is 0.299. The first-order valence-electron chi connectivity index (χ1n) is 10.7. The largest absolute Gasteiger partial charge is 0.494 e. The van der Waals surface area contributed by atoms with E-state index in [4.69, 9.17) is 10.5 Å². The number of para-hydroxylation sites is 1. The molecule has 0 unspecified atom stereocenters. The van der Waals surface area contributed by atoms with Crippen LogP contribution in [0.3, 0.4) is 0 Å². The third kappa shape index (κ3) is 5.41. The van der Waals surface area contributed by atoms with E-state index < -0.39 is 5.82 Å². The van der Waals surface area contributed by atoms with Crippen molar-refractivity contribution in [3.8, 4) is 17.1 Å². The van der Waals surface area contributed by atoms with Crippen LogP contribution in [-0.4, -0.2) is 39.5 Å². The first-order chi connectivity index (χ1) is 17.0. The number of nitrogen functional groups attached to an aromatic ring is 1. The molecule has 3 aromatic heterocycles. The Balaban J connectivity index is 1.73. The van der Waals surface area contributed by atoms with Gasteiger partial charge in [0.1, 0.15) is 11.6 Å². The van der Waals surface area contributed by atoms with E-state index in [2.05, 4.69) is 35.9 Å². The number of nitrogens with one attached hydrogen (secondary N) is 3. The highest BCUT2D eigenvalue weighted by atomic mass is 19.1. The van der Waals surface area contributed by atoms with E-state index in [-0.39, 0.29) is 5.91 Å². The van der Waals surface area contributed by atoms with Crippen molar-refractivity contribution in [2.24, 2.45) is 0 Å². The number of carbonyl (C=O) groups is 1. The van der Waals surface area contributed by atoms with Crippen LogP contribution in [0.2, 0.25) is 0 Å². The van der Waals surface area contributed by atoms with Crippen molar-refractivity contribution in [3.63, 3.8) is 0 Å². The van der Waals surface area contributed by atoms with Crippen molar-refractivity contribution in [3.05, 3.63) is 72.6 Å². The lowest BCUT2D eigenvalue weighted by Crippen LogP contribution is -2.24. The van der Waals surface area contributed by atoms with E-state index >= 15 is 0 Å². The summed E-state index contributed by atoms with van der Waals surface area (Å²) in [6.45, 7) is 2.28. The number of rotatable bonds is 8. The average molecular weight is 475 g/mol. The minimum atomic E-state index is -0.541. The summed E-state index contributed by atoms with van der Waals surface area (Å²) in [4.78, 5) is 29.4. The lowest BCUT2D eigenvalue weighted by molar-refractivity contribution is 0.0956. The second-order valence-corrected chi connectivity index (χ2v) is 7.31. The molecule has 0 aliphatic carbocycles. The summed E-state index contributed by atoms with van der Waals surface area (Å²) in [5.74, 6) is 0.874. The molecule has 3 heterocycles. The van der Waals surface area contributed by atoms with Gasteiger partial charge in [0.25, 0.3) is 5.91 Å². The zero-order valence-corrected chi connectivity index (χ0v) is 19.0. The van der Waals surface area contributed by atoms with Gasteiger partial charge in [0, 0.05) is 18.8 Å². The van der Waals surface area contributed by atoms with E-state index in [9.17, 15) is 9.18 Å². The Morgan fingerprint density at radius 2 is 1.74 bits per heavy atom. The van der Waals surface area contributed by atoms with Gasteiger partial charge in [-0.15, -0.1) is 0 Å². The molecule has 11 heteroatoms. The molecule has 0 fully saturated rings. The van der Waals surface area contributed by atoms with E-state index in [0.29, 0.717) is 57.9 Å². The normalized spacial score (nSPS) is 10.5. The van der Waals surface area contributed by atoms with Crippen molar-refractivity contribution in [1.29, 1.82) is 0 Å². The zero-order chi connectivity index (χ0) is 24.8. The molecule has 4 rings (SSSR count). The number of pyridine rings is 2. The number of hydrogen-bond acceptors (Lipinski definition) is 9. The first kappa shape index (κ1) is 23.4. The standard InChI is InChI=1S/C24H23FN8O2/c1-3-27-24(34)17-13-29-21(33-20-8-7-15(26)12-28-20)9-19(17)32-18-6-4-5-16(22(18)35-2)23-30-10-14(25)11-31-23/h4-13H,3,26H2,1-2H3,(H,27,34)(H2,28,29,32,33). The van der Waals surface area contributed by atoms with Crippen LogP contribution in [0.5, 0.6) is 5.75 Å². The topological polar surface area (TPSA) is 140 Å². The van der Waals surface area contributed by atoms with Gasteiger partial charge in [0.2, 0.25) is 0 Å². The van der Waals surface area contributed by atoms with Gasteiger partial charge in [0.15, 0.2) is 17.4 Å². The van der Waals surface area contributed by atoms with Gasteiger partial charge in [-0.1, -0.05) is 6.07 Å². The fourth-order valence-electron chi connectivity index (χ4n) is 3.30. The molecule has 178 valence electrons. The van der Waals surface area contributed by atoms with Gasteiger partial charge in [0.05, 0.1) is 53.9 Å². The number of nitrogens with zero attached hydrogens (tertiary/aromatic N) is 4. The van der Waals surface area contributed by atoms with Gasteiger partial charge in [-0.2, -0.15) is 0 Å². The predicted octanol–water partition coefficient (Wildman–Crippen LogP) is 3.90. The Bertz CT molecular complexity index is 1330. The van der Waals surface area contributed by atoms with Crippen LogP contribution in [0, 0.1) is 5.82 Å². The summed E-state index contributed by atoms with van der Waals surface area (Å²) in [6.07, 6.45) is 5.16. The Morgan fingerprint density at radius 3 is 2.43 bits per heavy atom. The van der Waals surface area contributed by atoms with Crippen LogP contribution in [0.15, 0.2) is 61.2 Å². The summed E-state index contributed by atoms with van der Waals surface area (Å²) in [5, 5.41) is 9.12. The number of ether oxygens (including phenoxy) is 1. The molecule has 1 amide bonds. The maximum Gasteiger partial charge on any atom is 0.254 e. The molecule has 0 radical (unpaired) electrons. The fraction of sp³-hybridized carbons (Fsp3) is 0.125. The summed E-state index contributed by atoms with van der Waals surface area (Å²) in [6, 6.07) is 10.4. The van der Waals surface area contributed by atoms with Gasteiger partial charge < -0.3 is 26.4 Å². The van der Waals surface area contributed by atoms with Crippen LogP contribution >= 0.6 is 0 Å². The molecule has 5 N–H and O–H groups in total. The second-order valence-electron chi connectivity index (χ2n) is 7.31. The SMILES string of the molecule is CCNC(=O)c1cnc(Nc2ccc(N)cn2)cc1Nc1cccc(-c2ncc(F)cn2)c1OC. The third-order valence-electron chi connectivity index (χ3n) is 4.88. The summed E-state index contributed by atoms with van der Waals surface area (Å²) >= 11 is 0. The van der Waals surface area contributed by atoms with Crippen LogP contribution in [0.1, 0.15) is 17.3 Å². The molecule has 0 saturated carbocycles. The van der Waals surface area contributed by atoms with E-state index in [1.54, 1.807) is 36.4 Å². The molecule has 0 bridgehead atoms. The molecular weight excluding hydrogens is 451 g/mol. The minimum absolute atomic E-state index is 0.294. The van der Waals surface area contributed by atoms with Gasteiger partial charge >= 0.3 is 0 Å². The number of methoxy groups -OCH3 is 1. The van der Waals surface area contributed by atoms with Crippen LogP contribution in [-0.2, 0) is 0 Å². The minimum Gasteiger partial charge on any atom is -0.494 e. The lowest BCUT2D eigenvalue weighted by atomic mass is 10.1. The van der Waals surface area contributed by atoms with Gasteiger partial charge in [-0.25, -0.2) is 24.3 Å². The lowest BCUT2D eigenvalue weighted by Gasteiger charge is -2.17. The maximum absolute atomic E-state index is 13.3. The van der Waals surface area contributed by atoms with Crippen molar-refractivity contribution in [2.75, 3.05) is 30.0 Å². The first-order valence-corrected chi connectivity index (χ1v) is 10.7. The Kier molecular flexibility index (Phi) is 6.96. The number of hydrogen-bond donors (Lipinski definition) is 4. The summed E-state index contributed by atoms with van der Waals surface area (Å²) in [5.41, 5.74) is 8.14. The number of amides is 1. The summed E-state index contributed by atoms with van der Waals surface area (Å²) in [7, 11) is 1.50. The molecule has 0 atom stereocenters.